The van der Waals surface area contributed by atoms with Crippen molar-refractivity contribution in [1.29, 1.82) is 0 Å². The van der Waals surface area contributed by atoms with Gasteiger partial charge in [0.1, 0.15) is 5.82 Å². The standard InChI is InChI=1S/C11H19N5O/c1-4-5-13-9(17)7-14-10-8(2)6-15-11(12-3)16-10/h6H,4-5,7H2,1-3H3,(H,13,17)(H2,12,14,15,16). The summed E-state index contributed by atoms with van der Waals surface area (Å²) < 4.78 is 0. The van der Waals surface area contributed by atoms with Crippen LogP contribution in [0.25, 0.3) is 0 Å². The van der Waals surface area contributed by atoms with Crippen molar-refractivity contribution < 1.29 is 4.79 Å². The normalized spacial score (nSPS) is 9.82. The maximum Gasteiger partial charge on any atom is 0.239 e. The van der Waals surface area contributed by atoms with Gasteiger partial charge in [-0.15, -0.1) is 0 Å². The maximum absolute atomic E-state index is 11.4. The topological polar surface area (TPSA) is 78.9 Å². The summed E-state index contributed by atoms with van der Waals surface area (Å²) in [5.41, 5.74) is 0.910. The van der Waals surface area contributed by atoms with Crippen molar-refractivity contribution in [3.05, 3.63) is 11.8 Å². The molecular formula is C11H19N5O. The quantitative estimate of drug-likeness (QED) is 0.681. The van der Waals surface area contributed by atoms with Gasteiger partial charge in [-0.05, 0) is 13.3 Å². The highest BCUT2D eigenvalue weighted by atomic mass is 16.1. The fourth-order valence-corrected chi connectivity index (χ4v) is 1.23. The lowest BCUT2D eigenvalue weighted by molar-refractivity contribution is -0.119. The Kier molecular flexibility index (Phi) is 5.19. The van der Waals surface area contributed by atoms with Crippen LogP contribution >= 0.6 is 0 Å². The van der Waals surface area contributed by atoms with Gasteiger partial charge < -0.3 is 16.0 Å². The molecule has 0 saturated heterocycles. The van der Waals surface area contributed by atoms with E-state index in [9.17, 15) is 4.79 Å². The molecule has 0 atom stereocenters. The van der Waals surface area contributed by atoms with Crippen LogP contribution in [0.1, 0.15) is 18.9 Å². The molecule has 0 unspecified atom stereocenters. The van der Waals surface area contributed by atoms with E-state index in [-0.39, 0.29) is 12.5 Å². The molecule has 1 amide bonds. The number of nitrogens with one attached hydrogen (secondary N) is 3. The van der Waals surface area contributed by atoms with Crippen molar-refractivity contribution in [2.75, 3.05) is 30.8 Å². The van der Waals surface area contributed by atoms with E-state index in [0.29, 0.717) is 18.3 Å². The minimum atomic E-state index is -0.0316. The van der Waals surface area contributed by atoms with Crippen molar-refractivity contribution in [2.45, 2.75) is 20.3 Å². The fraction of sp³-hybridized carbons (Fsp3) is 0.545. The molecule has 0 radical (unpaired) electrons. The highest BCUT2D eigenvalue weighted by Crippen LogP contribution is 2.11. The van der Waals surface area contributed by atoms with Crippen molar-refractivity contribution >= 4 is 17.7 Å². The van der Waals surface area contributed by atoms with E-state index in [1.807, 2.05) is 13.8 Å². The van der Waals surface area contributed by atoms with Crippen molar-refractivity contribution in [1.82, 2.24) is 15.3 Å². The van der Waals surface area contributed by atoms with Gasteiger partial charge in [0, 0.05) is 25.4 Å². The average molecular weight is 237 g/mol. The number of nitrogens with zero attached hydrogens (tertiary/aromatic N) is 2. The summed E-state index contributed by atoms with van der Waals surface area (Å²) in [4.78, 5) is 19.7. The van der Waals surface area contributed by atoms with Crippen LogP contribution in [0.5, 0.6) is 0 Å². The van der Waals surface area contributed by atoms with Crippen LogP contribution in [-0.2, 0) is 4.79 Å². The van der Waals surface area contributed by atoms with Crippen LogP contribution in [0.3, 0.4) is 0 Å². The molecule has 1 heterocycles. The minimum Gasteiger partial charge on any atom is -0.361 e. The van der Waals surface area contributed by atoms with E-state index >= 15 is 0 Å². The minimum absolute atomic E-state index is 0.0316. The second kappa shape index (κ2) is 6.67. The van der Waals surface area contributed by atoms with Gasteiger partial charge in [0.05, 0.1) is 6.54 Å². The predicted octanol–water partition coefficient (Wildman–Crippen LogP) is 0.765. The van der Waals surface area contributed by atoms with Gasteiger partial charge in [-0.1, -0.05) is 6.92 Å². The lowest BCUT2D eigenvalue weighted by Gasteiger charge is -2.09. The smallest absolute Gasteiger partial charge is 0.239 e. The largest absolute Gasteiger partial charge is 0.361 e. The molecule has 0 aliphatic rings. The van der Waals surface area contributed by atoms with E-state index in [0.717, 1.165) is 12.0 Å². The van der Waals surface area contributed by atoms with E-state index < -0.39 is 0 Å². The van der Waals surface area contributed by atoms with Crippen LogP contribution in [0.15, 0.2) is 6.20 Å². The van der Waals surface area contributed by atoms with Gasteiger partial charge in [0.15, 0.2) is 0 Å². The Bertz CT molecular complexity index is 380. The number of carbonyl (C=O) groups excluding carboxylic acids is 1. The summed E-state index contributed by atoms with van der Waals surface area (Å²) in [6.07, 6.45) is 2.65. The molecule has 6 nitrogen and oxygen atoms in total. The van der Waals surface area contributed by atoms with Crippen molar-refractivity contribution in [3.8, 4) is 0 Å². The number of amides is 1. The number of aromatic nitrogens is 2. The lowest BCUT2D eigenvalue weighted by atomic mass is 10.3. The molecule has 0 bridgehead atoms. The zero-order valence-corrected chi connectivity index (χ0v) is 10.5. The summed E-state index contributed by atoms with van der Waals surface area (Å²) >= 11 is 0. The van der Waals surface area contributed by atoms with Crippen LogP contribution in [0, 0.1) is 6.92 Å². The number of carbonyl (C=O) groups is 1. The number of aryl methyl sites for hydroxylation is 1. The third kappa shape index (κ3) is 4.26. The number of rotatable bonds is 6. The van der Waals surface area contributed by atoms with Gasteiger partial charge in [-0.3, -0.25) is 4.79 Å². The Hall–Kier alpha value is -1.85. The first-order valence-corrected chi connectivity index (χ1v) is 5.69. The zero-order valence-electron chi connectivity index (χ0n) is 10.5. The summed E-state index contributed by atoms with van der Waals surface area (Å²) in [7, 11) is 1.75. The molecule has 6 heteroatoms. The highest BCUT2D eigenvalue weighted by Gasteiger charge is 2.05. The Balaban J connectivity index is 2.53. The first-order chi connectivity index (χ1) is 8.17. The van der Waals surface area contributed by atoms with Gasteiger partial charge in [0.25, 0.3) is 0 Å². The molecule has 94 valence electrons. The molecular weight excluding hydrogens is 218 g/mol. The van der Waals surface area contributed by atoms with Gasteiger partial charge >= 0.3 is 0 Å². The van der Waals surface area contributed by atoms with E-state index in [2.05, 4.69) is 25.9 Å². The summed E-state index contributed by atoms with van der Waals surface area (Å²) in [6, 6.07) is 0. The SMILES string of the molecule is CCCNC(=O)CNc1nc(NC)ncc1C. The van der Waals surface area contributed by atoms with Gasteiger partial charge in [-0.2, -0.15) is 4.98 Å². The van der Waals surface area contributed by atoms with Crippen LogP contribution in [0.2, 0.25) is 0 Å². The Morgan fingerprint density at radius 3 is 2.88 bits per heavy atom. The number of hydrogen-bond donors (Lipinski definition) is 3. The monoisotopic (exact) mass is 237 g/mol. The van der Waals surface area contributed by atoms with Crippen LogP contribution in [-0.4, -0.2) is 36.0 Å². The molecule has 0 aromatic carbocycles. The summed E-state index contributed by atoms with van der Waals surface area (Å²) in [6.45, 7) is 4.83. The molecule has 0 spiro atoms. The molecule has 17 heavy (non-hydrogen) atoms. The zero-order chi connectivity index (χ0) is 12.7. The Morgan fingerprint density at radius 1 is 1.47 bits per heavy atom. The average Bonchev–Trinajstić information content (AvgIpc) is 2.35. The second-order valence-corrected chi connectivity index (χ2v) is 3.68. The molecule has 0 aliphatic carbocycles. The van der Waals surface area contributed by atoms with Crippen molar-refractivity contribution in [3.63, 3.8) is 0 Å². The first-order valence-electron chi connectivity index (χ1n) is 5.69. The number of anilines is 2. The van der Waals surface area contributed by atoms with Crippen molar-refractivity contribution in [2.24, 2.45) is 0 Å². The Labute approximate surface area is 101 Å². The first kappa shape index (κ1) is 13.2. The lowest BCUT2D eigenvalue weighted by Crippen LogP contribution is -2.30. The number of hydrogen-bond acceptors (Lipinski definition) is 5. The fourth-order valence-electron chi connectivity index (χ4n) is 1.23. The van der Waals surface area contributed by atoms with Crippen LogP contribution in [0.4, 0.5) is 11.8 Å². The molecule has 1 aromatic rings. The van der Waals surface area contributed by atoms with E-state index in [4.69, 9.17) is 0 Å². The van der Waals surface area contributed by atoms with E-state index in [1.165, 1.54) is 0 Å². The molecule has 0 saturated carbocycles. The third-order valence-electron chi connectivity index (χ3n) is 2.18. The molecule has 1 aromatic heterocycles. The maximum atomic E-state index is 11.4. The molecule has 0 fully saturated rings. The predicted molar refractivity (Wildman–Crippen MR) is 68.1 cm³/mol. The molecule has 0 aliphatic heterocycles. The Morgan fingerprint density at radius 2 is 2.24 bits per heavy atom. The highest BCUT2D eigenvalue weighted by molar-refractivity contribution is 5.80. The molecule has 1 rings (SSSR count). The second-order valence-electron chi connectivity index (χ2n) is 3.68. The van der Waals surface area contributed by atoms with Crippen LogP contribution < -0.4 is 16.0 Å². The summed E-state index contributed by atoms with van der Waals surface area (Å²) in [5.74, 6) is 1.18. The van der Waals surface area contributed by atoms with Gasteiger partial charge in [0.2, 0.25) is 11.9 Å². The molecule has 3 N–H and O–H groups in total. The van der Waals surface area contributed by atoms with E-state index in [1.54, 1.807) is 13.2 Å². The summed E-state index contributed by atoms with van der Waals surface area (Å²) in [5, 5.41) is 8.64. The third-order valence-corrected chi connectivity index (χ3v) is 2.18. The van der Waals surface area contributed by atoms with Gasteiger partial charge in [-0.25, -0.2) is 4.98 Å².